The first-order valence-electron chi connectivity index (χ1n) is 6.29. The first kappa shape index (κ1) is 13.3. The third kappa shape index (κ3) is 4.00. The highest BCUT2D eigenvalue weighted by molar-refractivity contribution is 5.73. The molecule has 2 N–H and O–H groups in total. The molecule has 0 atom stereocenters. The normalized spacial score (nSPS) is 19.9. The third-order valence-electron chi connectivity index (χ3n) is 3.42. The number of rotatable bonds is 3. The summed E-state index contributed by atoms with van der Waals surface area (Å²) in [7, 11) is 1.76. The summed E-state index contributed by atoms with van der Waals surface area (Å²) in [6.07, 6.45) is 6.15. The summed E-state index contributed by atoms with van der Waals surface area (Å²) < 4.78 is 0. The standard InChI is InChI=1S/C12H24N2O2/c1-3-14(2)11(15)13-10-12(16)8-6-4-5-7-9-12/h16H,3-10H2,1-2H3,(H,13,15). The van der Waals surface area contributed by atoms with Gasteiger partial charge in [-0.05, 0) is 19.8 Å². The molecule has 1 rings (SSSR count). The lowest BCUT2D eigenvalue weighted by molar-refractivity contribution is 0.0267. The van der Waals surface area contributed by atoms with Crippen LogP contribution in [-0.2, 0) is 0 Å². The Kier molecular flexibility index (Phi) is 5.06. The Bertz CT molecular complexity index is 223. The Morgan fingerprint density at radius 1 is 1.31 bits per heavy atom. The molecule has 0 aliphatic heterocycles. The van der Waals surface area contributed by atoms with Crippen LogP contribution in [0.1, 0.15) is 45.4 Å². The predicted molar refractivity (Wildman–Crippen MR) is 64.4 cm³/mol. The van der Waals surface area contributed by atoms with Gasteiger partial charge in [0.1, 0.15) is 0 Å². The van der Waals surface area contributed by atoms with Gasteiger partial charge in [0.25, 0.3) is 0 Å². The van der Waals surface area contributed by atoms with Crippen LogP contribution in [-0.4, -0.2) is 41.8 Å². The number of nitrogens with zero attached hydrogens (tertiary/aromatic N) is 1. The van der Waals surface area contributed by atoms with Gasteiger partial charge in [0.15, 0.2) is 0 Å². The maximum atomic E-state index is 11.5. The average Bonchev–Trinajstić information content (AvgIpc) is 2.50. The first-order valence-corrected chi connectivity index (χ1v) is 6.29. The molecule has 0 aromatic heterocycles. The van der Waals surface area contributed by atoms with E-state index in [4.69, 9.17) is 0 Å². The van der Waals surface area contributed by atoms with Crippen LogP contribution in [0.2, 0.25) is 0 Å². The Labute approximate surface area is 98.0 Å². The fourth-order valence-corrected chi connectivity index (χ4v) is 2.08. The van der Waals surface area contributed by atoms with Crippen LogP contribution in [0.4, 0.5) is 4.79 Å². The van der Waals surface area contributed by atoms with Crippen LogP contribution in [0.3, 0.4) is 0 Å². The highest BCUT2D eigenvalue weighted by Crippen LogP contribution is 2.26. The van der Waals surface area contributed by atoms with E-state index in [9.17, 15) is 9.90 Å². The fraction of sp³-hybridized carbons (Fsp3) is 0.917. The van der Waals surface area contributed by atoms with Crippen LogP contribution < -0.4 is 5.32 Å². The van der Waals surface area contributed by atoms with E-state index >= 15 is 0 Å². The molecule has 4 nitrogen and oxygen atoms in total. The summed E-state index contributed by atoms with van der Waals surface area (Å²) in [5.41, 5.74) is -0.680. The second-order valence-electron chi connectivity index (χ2n) is 4.81. The molecular formula is C12H24N2O2. The van der Waals surface area contributed by atoms with Crippen molar-refractivity contribution in [2.24, 2.45) is 0 Å². The highest BCUT2D eigenvalue weighted by atomic mass is 16.3. The average molecular weight is 228 g/mol. The van der Waals surface area contributed by atoms with Crippen LogP contribution in [0.5, 0.6) is 0 Å². The van der Waals surface area contributed by atoms with Crippen molar-refractivity contribution in [2.75, 3.05) is 20.1 Å². The van der Waals surface area contributed by atoms with Crippen molar-refractivity contribution in [3.05, 3.63) is 0 Å². The lowest BCUT2D eigenvalue weighted by Crippen LogP contribution is -2.46. The predicted octanol–water partition coefficient (Wildman–Crippen LogP) is 1.73. The van der Waals surface area contributed by atoms with Gasteiger partial charge in [-0.15, -0.1) is 0 Å². The zero-order valence-corrected chi connectivity index (χ0v) is 10.5. The van der Waals surface area contributed by atoms with E-state index < -0.39 is 5.60 Å². The number of amides is 2. The number of urea groups is 1. The minimum atomic E-state index is -0.680. The number of aliphatic hydroxyl groups is 1. The highest BCUT2D eigenvalue weighted by Gasteiger charge is 2.28. The number of hydrogen-bond acceptors (Lipinski definition) is 2. The number of carbonyl (C=O) groups is 1. The number of nitrogens with one attached hydrogen (secondary N) is 1. The van der Waals surface area contributed by atoms with Gasteiger partial charge in [-0.2, -0.15) is 0 Å². The van der Waals surface area contributed by atoms with Crippen molar-refractivity contribution in [3.63, 3.8) is 0 Å². The summed E-state index contributed by atoms with van der Waals surface area (Å²) in [5.74, 6) is 0. The summed E-state index contributed by atoms with van der Waals surface area (Å²) in [5, 5.41) is 13.1. The van der Waals surface area contributed by atoms with E-state index in [0.29, 0.717) is 13.1 Å². The summed E-state index contributed by atoms with van der Waals surface area (Å²) in [4.78, 5) is 13.2. The summed E-state index contributed by atoms with van der Waals surface area (Å²) in [6.45, 7) is 3.00. The van der Waals surface area contributed by atoms with E-state index in [1.165, 1.54) is 12.8 Å². The van der Waals surface area contributed by atoms with Gasteiger partial charge in [0.2, 0.25) is 0 Å². The Morgan fingerprint density at radius 3 is 2.38 bits per heavy atom. The van der Waals surface area contributed by atoms with Crippen molar-refractivity contribution in [2.45, 2.75) is 51.0 Å². The largest absolute Gasteiger partial charge is 0.388 e. The molecule has 0 spiro atoms. The molecule has 0 saturated heterocycles. The van der Waals surface area contributed by atoms with Gasteiger partial charge in [0.05, 0.1) is 5.60 Å². The van der Waals surface area contributed by atoms with E-state index in [1.807, 2.05) is 6.92 Å². The van der Waals surface area contributed by atoms with Crippen molar-refractivity contribution >= 4 is 6.03 Å². The zero-order valence-electron chi connectivity index (χ0n) is 10.5. The maximum absolute atomic E-state index is 11.5. The number of hydrogen-bond donors (Lipinski definition) is 2. The van der Waals surface area contributed by atoms with E-state index in [0.717, 1.165) is 25.7 Å². The zero-order chi connectivity index (χ0) is 12.0. The van der Waals surface area contributed by atoms with Crippen molar-refractivity contribution in [1.82, 2.24) is 10.2 Å². The fourth-order valence-electron chi connectivity index (χ4n) is 2.08. The molecule has 1 aliphatic rings. The summed E-state index contributed by atoms with van der Waals surface area (Å²) >= 11 is 0. The second-order valence-corrected chi connectivity index (χ2v) is 4.81. The van der Waals surface area contributed by atoms with Crippen LogP contribution in [0, 0.1) is 0 Å². The molecule has 2 amide bonds. The van der Waals surface area contributed by atoms with Gasteiger partial charge in [0, 0.05) is 20.1 Å². The van der Waals surface area contributed by atoms with Gasteiger partial charge in [-0.25, -0.2) is 4.79 Å². The molecule has 1 fully saturated rings. The van der Waals surface area contributed by atoms with Crippen LogP contribution in [0.15, 0.2) is 0 Å². The quantitative estimate of drug-likeness (QED) is 0.723. The molecule has 16 heavy (non-hydrogen) atoms. The molecule has 4 heteroatoms. The monoisotopic (exact) mass is 228 g/mol. The Hall–Kier alpha value is -0.770. The Balaban J connectivity index is 2.37. The van der Waals surface area contributed by atoms with E-state index in [2.05, 4.69) is 5.32 Å². The molecule has 1 saturated carbocycles. The van der Waals surface area contributed by atoms with Gasteiger partial charge < -0.3 is 15.3 Å². The second kappa shape index (κ2) is 6.09. The topological polar surface area (TPSA) is 52.6 Å². The van der Waals surface area contributed by atoms with Gasteiger partial charge >= 0.3 is 6.03 Å². The van der Waals surface area contributed by atoms with E-state index in [-0.39, 0.29) is 6.03 Å². The van der Waals surface area contributed by atoms with E-state index in [1.54, 1.807) is 11.9 Å². The molecule has 0 unspecified atom stereocenters. The van der Waals surface area contributed by atoms with Crippen molar-refractivity contribution in [1.29, 1.82) is 0 Å². The molecule has 94 valence electrons. The maximum Gasteiger partial charge on any atom is 0.317 e. The molecule has 0 aromatic rings. The molecule has 1 aliphatic carbocycles. The SMILES string of the molecule is CCN(C)C(=O)NCC1(O)CCCCCC1. The lowest BCUT2D eigenvalue weighted by atomic mass is 9.94. The first-order chi connectivity index (χ1) is 7.57. The van der Waals surface area contributed by atoms with Crippen LogP contribution >= 0.6 is 0 Å². The molecule has 0 aromatic carbocycles. The third-order valence-corrected chi connectivity index (χ3v) is 3.42. The number of carbonyl (C=O) groups excluding carboxylic acids is 1. The van der Waals surface area contributed by atoms with Crippen LogP contribution in [0.25, 0.3) is 0 Å². The summed E-state index contributed by atoms with van der Waals surface area (Å²) in [6, 6.07) is -0.0971. The minimum Gasteiger partial charge on any atom is -0.388 e. The lowest BCUT2D eigenvalue weighted by Gasteiger charge is -2.28. The Morgan fingerprint density at radius 2 is 1.88 bits per heavy atom. The van der Waals surface area contributed by atoms with Gasteiger partial charge in [-0.3, -0.25) is 0 Å². The van der Waals surface area contributed by atoms with Crippen molar-refractivity contribution < 1.29 is 9.90 Å². The molecule has 0 bridgehead atoms. The molecule has 0 heterocycles. The molecular weight excluding hydrogens is 204 g/mol. The smallest absolute Gasteiger partial charge is 0.317 e. The van der Waals surface area contributed by atoms with Gasteiger partial charge in [-0.1, -0.05) is 25.7 Å². The minimum absolute atomic E-state index is 0.0971. The van der Waals surface area contributed by atoms with Crippen molar-refractivity contribution in [3.8, 4) is 0 Å². The molecule has 0 radical (unpaired) electrons.